The number of hydrogen-bond donors (Lipinski definition) is 1. The second-order valence-electron chi connectivity index (χ2n) is 4.72. The Balaban J connectivity index is 1.97. The maximum atomic E-state index is 13.8. The van der Waals surface area contributed by atoms with Crippen LogP contribution in [-0.2, 0) is 6.42 Å². The summed E-state index contributed by atoms with van der Waals surface area (Å²) in [6.07, 6.45) is 0.724. The highest BCUT2D eigenvalue weighted by atomic mass is 35.5. The maximum Gasteiger partial charge on any atom is 0.261 e. The summed E-state index contributed by atoms with van der Waals surface area (Å²) in [4.78, 5) is 14.0. The molecule has 2 aromatic carbocycles. The Bertz CT molecular complexity index is 702. The van der Waals surface area contributed by atoms with Crippen LogP contribution in [0.15, 0.2) is 36.4 Å². The van der Waals surface area contributed by atoms with E-state index in [1.54, 1.807) is 17.0 Å². The normalized spacial score (nSPS) is 13.4. The van der Waals surface area contributed by atoms with Crippen molar-refractivity contribution in [2.75, 3.05) is 17.2 Å². The van der Waals surface area contributed by atoms with Gasteiger partial charge >= 0.3 is 0 Å². The Morgan fingerprint density at radius 1 is 1.25 bits per heavy atom. The first-order chi connectivity index (χ1) is 9.56. The Morgan fingerprint density at radius 3 is 2.80 bits per heavy atom. The minimum Gasteiger partial charge on any atom is -0.399 e. The van der Waals surface area contributed by atoms with E-state index in [4.69, 9.17) is 17.3 Å². The van der Waals surface area contributed by atoms with Crippen LogP contribution in [0.2, 0.25) is 5.02 Å². The number of nitrogen functional groups attached to an aromatic ring is 1. The van der Waals surface area contributed by atoms with Gasteiger partial charge in [0.15, 0.2) is 0 Å². The number of halogens is 2. The number of anilines is 2. The van der Waals surface area contributed by atoms with E-state index in [-0.39, 0.29) is 16.5 Å². The number of benzene rings is 2. The fourth-order valence-electron chi connectivity index (χ4n) is 2.44. The number of rotatable bonds is 1. The highest BCUT2D eigenvalue weighted by molar-refractivity contribution is 6.30. The monoisotopic (exact) mass is 290 g/mol. The molecule has 20 heavy (non-hydrogen) atoms. The summed E-state index contributed by atoms with van der Waals surface area (Å²) in [5.41, 5.74) is 8.21. The minimum atomic E-state index is -0.605. The average molecular weight is 291 g/mol. The molecule has 1 aliphatic rings. The van der Waals surface area contributed by atoms with Gasteiger partial charge in [-0.1, -0.05) is 11.6 Å². The quantitative estimate of drug-likeness (QED) is 0.819. The predicted octanol–water partition coefficient (Wildman–Crippen LogP) is 3.26. The van der Waals surface area contributed by atoms with Gasteiger partial charge in [-0.15, -0.1) is 0 Å². The zero-order chi connectivity index (χ0) is 14.3. The number of nitrogens with zero attached hydrogens (tertiary/aromatic N) is 1. The topological polar surface area (TPSA) is 46.3 Å². The summed E-state index contributed by atoms with van der Waals surface area (Å²) < 4.78 is 13.8. The molecule has 0 fully saturated rings. The second kappa shape index (κ2) is 4.80. The first kappa shape index (κ1) is 12.9. The zero-order valence-corrected chi connectivity index (χ0v) is 11.3. The van der Waals surface area contributed by atoms with E-state index in [0.717, 1.165) is 23.7 Å². The highest BCUT2D eigenvalue weighted by Crippen LogP contribution is 2.31. The lowest BCUT2D eigenvalue weighted by Gasteiger charge is -2.18. The third-order valence-electron chi connectivity index (χ3n) is 3.41. The molecule has 102 valence electrons. The van der Waals surface area contributed by atoms with Gasteiger partial charge < -0.3 is 10.6 Å². The fourth-order valence-corrected chi connectivity index (χ4v) is 2.60. The number of carbonyl (C=O) groups excluding carboxylic acids is 1. The van der Waals surface area contributed by atoms with Gasteiger partial charge in [0.25, 0.3) is 5.91 Å². The number of hydrogen-bond acceptors (Lipinski definition) is 2. The molecule has 0 saturated heterocycles. The Kier molecular flexibility index (Phi) is 3.10. The van der Waals surface area contributed by atoms with Crippen molar-refractivity contribution in [2.24, 2.45) is 0 Å². The summed E-state index contributed by atoms with van der Waals surface area (Å²) in [5, 5.41) is 0.272. The third-order valence-corrected chi connectivity index (χ3v) is 3.64. The molecule has 3 rings (SSSR count). The molecule has 0 saturated carbocycles. The second-order valence-corrected chi connectivity index (χ2v) is 5.16. The van der Waals surface area contributed by atoms with Crippen molar-refractivity contribution in [3.8, 4) is 0 Å². The van der Waals surface area contributed by atoms with E-state index < -0.39 is 5.82 Å². The highest BCUT2D eigenvalue weighted by Gasteiger charge is 2.27. The average Bonchev–Trinajstić information content (AvgIpc) is 2.80. The van der Waals surface area contributed by atoms with Crippen LogP contribution in [0.1, 0.15) is 15.9 Å². The largest absolute Gasteiger partial charge is 0.399 e. The molecule has 0 bridgehead atoms. The lowest BCUT2D eigenvalue weighted by molar-refractivity contribution is 0.0985. The van der Waals surface area contributed by atoms with Crippen LogP contribution in [0.3, 0.4) is 0 Å². The van der Waals surface area contributed by atoms with Gasteiger partial charge in [-0.3, -0.25) is 4.79 Å². The summed E-state index contributed by atoms with van der Waals surface area (Å²) in [6.45, 7) is 0.527. The van der Waals surface area contributed by atoms with Crippen LogP contribution in [0.4, 0.5) is 15.8 Å². The Morgan fingerprint density at radius 2 is 2.05 bits per heavy atom. The van der Waals surface area contributed by atoms with Gasteiger partial charge in [-0.25, -0.2) is 4.39 Å². The summed E-state index contributed by atoms with van der Waals surface area (Å²) in [5.74, 6) is -0.964. The summed E-state index contributed by atoms with van der Waals surface area (Å²) in [6, 6.07) is 9.45. The van der Waals surface area contributed by atoms with Gasteiger partial charge in [-0.2, -0.15) is 0 Å². The van der Waals surface area contributed by atoms with Crippen molar-refractivity contribution in [3.05, 3.63) is 58.4 Å². The molecule has 0 aromatic heterocycles. The molecule has 5 heteroatoms. The van der Waals surface area contributed by atoms with Gasteiger partial charge in [0.2, 0.25) is 0 Å². The molecule has 0 unspecified atom stereocenters. The molecule has 1 amide bonds. The van der Waals surface area contributed by atoms with Gasteiger partial charge in [-0.05, 0) is 48.4 Å². The van der Waals surface area contributed by atoms with Crippen LogP contribution in [0, 0.1) is 5.82 Å². The minimum absolute atomic E-state index is 0.0269. The number of fused-ring (bicyclic) bond motifs is 1. The molecule has 0 spiro atoms. The lowest BCUT2D eigenvalue weighted by Crippen LogP contribution is -2.29. The van der Waals surface area contributed by atoms with Crippen LogP contribution in [-0.4, -0.2) is 12.5 Å². The summed E-state index contributed by atoms with van der Waals surface area (Å²) in [7, 11) is 0. The van der Waals surface area contributed by atoms with Crippen LogP contribution < -0.4 is 10.6 Å². The van der Waals surface area contributed by atoms with Gasteiger partial charge in [0.1, 0.15) is 5.82 Å². The van der Waals surface area contributed by atoms with Gasteiger partial charge in [0.05, 0.1) is 5.56 Å². The SMILES string of the molecule is Nc1ccc2c(c1)CCN2C(=O)c1ccc(Cl)cc1F. The smallest absolute Gasteiger partial charge is 0.261 e. The first-order valence-electron chi connectivity index (χ1n) is 6.21. The third kappa shape index (κ3) is 2.12. The molecule has 0 aliphatic carbocycles. The molecular weight excluding hydrogens is 279 g/mol. The molecule has 0 radical (unpaired) electrons. The van der Waals surface area contributed by atoms with E-state index in [1.807, 2.05) is 6.07 Å². The molecule has 2 aromatic rings. The predicted molar refractivity (Wildman–Crippen MR) is 77.6 cm³/mol. The van der Waals surface area contributed by atoms with Crippen LogP contribution in [0.5, 0.6) is 0 Å². The fraction of sp³-hybridized carbons (Fsp3) is 0.133. The van der Waals surface area contributed by atoms with Crippen molar-refractivity contribution in [1.82, 2.24) is 0 Å². The Hall–Kier alpha value is -2.07. The lowest BCUT2D eigenvalue weighted by atomic mass is 10.1. The van der Waals surface area contributed by atoms with Gasteiger partial charge in [0, 0.05) is 22.9 Å². The van der Waals surface area contributed by atoms with Crippen LogP contribution in [0.25, 0.3) is 0 Å². The number of carbonyl (C=O) groups is 1. The summed E-state index contributed by atoms with van der Waals surface area (Å²) >= 11 is 5.70. The van der Waals surface area contributed by atoms with Crippen molar-refractivity contribution >= 4 is 28.9 Å². The van der Waals surface area contributed by atoms with Crippen LogP contribution >= 0.6 is 11.6 Å². The standard InChI is InChI=1S/C15H12ClFN2O/c16-10-1-3-12(13(17)8-10)15(20)19-6-5-9-7-11(18)2-4-14(9)19/h1-4,7-8H,5-6,18H2. The van der Waals surface area contributed by atoms with E-state index in [2.05, 4.69) is 0 Å². The molecular formula is C15H12ClFN2O. The van der Waals surface area contributed by atoms with E-state index >= 15 is 0 Å². The van der Waals surface area contributed by atoms with Crippen molar-refractivity contribution in [1.29, 1.82) is 0 Å². The van der Waals surface area contributed by atoms with E-state index in [9.17, 15) is 9.18 Å². The molecule has 1 aliphatic heterocycles. The first-order valence-corrected chi connectivity index (χ1v) is 6.59. The number of nitrogens with two attached hydrogens (primary N) is 1. The maximum absolute atomic E-state index is 13.8. The number of amides is 1. The van der Waals surface area contributed by atoms with Crippen molar-refractivity contribution in [2.45, 2.75) is 6.42 Å². The molecule has 2 N–H and O–H groups in total. The Labute approximate surface area is 120 Å². The van der Waals surface area contributed by atoms with E-state index in [0.29, 0.717) is 12.2 Å². The van der Waals surface area contributed by atoms with Crippen molar-refractivity contribution in [3.63, 3.8) is 0 Å². The molecule has 1 heterocycles. The zero-order valence-electron chi connectivity index (χ0n) is 10.6. The van der Waals surface area contributed by atoms with E-state index in [1.165, 1.54) is 12.1 Å². The molecule has 0 atom stereocenters. The molecule has 3 nitrogen and oxygen atoms in total. The van der Waals surface area contributed by atoms with Crippen molar-refractivity contribution < 1.29 is 9.18 Å².